The molecular formula is C13H19N3O4S. The molecule has 0 saturated heterocycles. The predicted octanol–water partition coefficient (Wildman–Crippen LogP) is 1.52. The Morgan fingerprint density at radius 2 is 2.14 bits per heavy atom. The van der Waals surface area contributed by atoms with Gasteiger partial charge in [0.2, 0.25) is 0 Å². The average molecular weight is 313 g/mol. The molecule has 0 saturated carbocycles. The molecular weight excluding hydrogens is 294 g/mol. The van der Waals surface area contributed by atoms with Crippen LogP contribution in [-0.4, -0.2) is 40.1 Å². The third kappa shape index (κ3) is 4.52. The molecule has 0 aliphatic carbocycles. The average Bonchev–Trinajstić information content (AvgIpc) is 2.45. The molecule has 2 atom stereocenters. The topological polar surface area (TPSA) is 101 Å². The van der Waals surface area contributed by atoms with Crippen molar-refractivity contribution >= 4 is 28.1 Å². The van der Waals surface area contributed by atoms with Crippen LogP contribution in [0.25, 0.3) is 0 Å². The third-order valence-electron chi connectivity index (χ3n) is 3.14. The standard InChI is InChI=1S/C13H19N3O4S/c1-9(21(3)20)7-8-15-13(17)10-5-4-6-11(14-2)12(10)16(18)19/h4-6,9,14H,7-8H2,1-3H3,(H,15,17). The van der Waals surface area contributed by atoms with Crippen LogP contribution in [0.2, 0.25) is 0 Å². The minimum absolute atomic E-state index is 0.0112. The highest BCUT2D eigenvalue weighted by atomic mass is 32.2. The van der Waals surface area contributed by atoms with Gasteiger partial charge in [0.1, 0.15) is 11.3 Å². The molecule has 0 fully saturated rings. The van der Waals surface area contributed by atoms with E-state index in [1.807, 2.05) is 6.92 Å². The van der Waals surface area contributed by atoms with Gasteiger partial charge < -0.3 is 10.6 Å². The van der Waals surface area contributed by atoms with E-state index in [2.05, 4.69) is 10.6 Å². The van der Waals surface area contributed by atoms with Crippen molar-refractivity contribution in [2.24, 2.45) is 0 Å². The number of hydrogen-bond donors (Lipinski definition) is 2. The Labute approximate surface area is 125 Å². The van der Waals surface area contributed by atoms with Crippen molar-refractivity contribution in [2.45, 2.75) is 18.6 Å². The maximum atomic E-state index is 12.1. The van der Waals surface area contributed by atoms with Crippen LogP contribution in [0, 0.1) is 10.1 Å². The van der Waals surface area contributed by atoms with Gasteiger partial charge in [0.15, 0.2) is 0 Å². The van der Waals surface area contributed by atoms with E-state index in [0.29, 0.717) is 13.0 Å². The molecule has 0 aliphatic heterocycles. The molecule has 2 N–H and O–H groups in total. The van der Waals surface area contributed by atoms with Crippen LogP contribution in [0.1, 0.15) is 23.7 Å². The van der Waals surface area contributed by atoms with Gasteiger partial charge in [0.25, 0.3) is 5.91 Å². The van der Waals surface area contributed by atoms with Crippen LogP contribution in [0.5, 0.6) is 0 Å². The number of benzene rings is 1. The summed E-state index contributed by atoms with van der Waals surface area (Å²) in [7, 11) is 0.602. The molecule has 0 spiro atoms. The van der Waals surface area contributed by atoms with Gasteiger partial charge in [-0.3, -0.25) is 19.1 Å². The molecule has 8 heteroatoms. The second kappa shape index (κ2) is 7.72. The Hall–Kier alpha value is -1.96. The predicted molar refractivity (Wildman–Crippen MR) is 83.1 cm³/mol. The van der Waals surface area contributed by atoms with Crippen LogP contribution < -0.4 is 10.6 Å². The summed E-state index contributed by atoms with van der Waals surface area (Å²) in [5.41, 5.74) is 0.0532. The lowest BCUT2D eigenvalue weighted by atomic mass is 10.1. The van der Waals surface area contributed by atoms with Crippen molar-refractivity contribution in [1.29, 1.82) is 0 Å². The van der Waals surface area contributed by atoms with Crippen LogP contribution in [0.4, 0.5) is 11.4 Å². The van der Waals surface area contributed by atoms with Crippen LogP contribution in [-0.2, 0) is 10.8 Å². The molecule has 1 rings (SSSR count). The largest absolute Gasteiger partial charge is 0.383 e. The van der Waals surface area contributed by atoms with E-state index >= 15 is 0 Å². The van der Waals surface area contributed by atoms with Crippen molar-refractivity contribution in [3.63, 3.8) is 0 Å². The maximum Gasteiger partial charge on any atom is 0.305 e. The molecule has 1 amide bonds. The van der Waals surface area contributed by atoms with Crippen LogP contribution >= 0.6 is 0 Å². The highest BCUT2D eigenvalue weighted by Gasteiger charge is 2.23. The normalized spacial score (nSPS) is 13.3. The lowest BCUT2D eigenvalue weighted by Crippen LogP contribution is -2.28. The molecule has 0 bridgehead atoms. The van der Waals surface area contributed by atoms with E-state index < -0.39 is 21.6 Å². The number of hydrogen-bond acceptors (Lipinski definition) is 5. The Balaban J connectivity index is 2.83. The molecule has 0 radical (unpaired) electrons. The summed E-state index contributed by atoms with van der Waals surface area (Å²) >= 11 is 0. The number of carbonyl (C=O) groups is 1. The monoisotopic (exact) mass is 313 g/mol. The summed E-state index contributed by atoms with van der Waals surface area (Å²) in [4.78, 5) is 22.6. The van der Waals surface area contributed by atoms with E-state index in [1.54, 1.807) is 19.4 Å². The molecule has 0 heterocycles. The van der Waals surface area contributed by atoms with Gasteiger partial charge in [-0.25, -0.2) is 0 Å². The number of carbonyl (C=O) groups excluding carboxylic acids is 1. The van der Waals surface area contributed by atoms with E-state index in [1.165, 1.54) is 12.1 Å². The molecule has 2 unspecified atom stereocenters. The zero-order valence-electron chi connectivity index (χ0n) is 12.2. The number of amides is 1. The molecule has 116 valence electrons. The molecule has 7 nitrogen and oxygen atoms in total. The van der Waals surface area contributed by atoms with E-state index in [0.717, 1.165) is 0 Å². The third-order valence-corrected chi connectivity index (χ3v) is 4.50. The highest BCUT2D eigenvalue weighted by Crippen LogP contribution is 2.28. The number of nitro benzene ring substituents is 1. The minimum atomic E-state index is -0.956. The van der Waals surface area contributed by atoms with Crippen molar-refractivity contribution in [3.8, 4) is 0 Å². The summed E-state index contributed by atoms with van der Waals surface area (Å²) in [6.07, 6.45) is 2.15. The Morgan fingerprint density at radius 1 is 1.48 bits per heavy atom. The number of para-hydroxylation sites is 1. The van der Waals surface area contributed by atoms with Crippen molar-refractivity contribution < 1.29 is 13.9 Å². The van der Waals surface area contributed by atoms with E-state index in [9.17, 15) is 19.1 Å². The smallest absolute Gasteiger partial charge is 0.305 e. The molecule has 0 aliphatic rings. The van der Waals surface area contributed by atoms with Gasteiger partial charge in [-0.1, -0.05) is 13.0 Å². The number of anilines is 1. The first-order valence-corrected chi connectivity index (χ1v) is 8.06. The van der Waals surface area contributed by atoms with Crippen molar-refractivity contribution in [3.05, 3.63) is 33.9 Å². The number of rotatable bonds is 7. The number of nitrogens with zero attached hydrogens (tertiary/aromatic N) is 1. The maximum absolute atomic E-state index is 12.1. The van der Waals surface area contributed by atoms with E-state index in [4.69, 9.17) is 0 Å². The van der Waals surface area contributed by atoms with Gasteiger partial charge in [-0.05, 0) is 18.6 Å². The van der Waals surface area contributed by atoms with Crippen molar-refractivity contribution in [2.75, 3.05) is 25.2 Å². The summed E-state index contributed by atoms with van der Waals surface area (Å²) in [5, 5.41) is 16.4. The second-order valence-electron chi connectivity index (χ2n) is 4.56. The molecule has 1 aromatic rings. The first-order chi connectivity index (χ1) is 9.88. The highest BCUT2D eigenvalue weighted by molar-refractivity contribution is 7.84. The minimum Gasteiger partial charge on any atom is -0.383 e. The summed E-state index contributed by atoms with van der Waals surface area (Å²) in [6, 6.07) is 4.53. The summed E-state index contributed by atoms with van der Waals surface area (Å²) in [5.74, 6) is -0.507. The fraction of sp³-hybridized carbons (Fsp3) is 0.462. The Bertz CT molecular complexity index is 562. The van der Waals surface area contributed by atoms with Crippen LogP contribution in [0.3, 0.4) is 0 Å². The van der Waals surface area contributed by atoms with Crippen LogP contribution in [0.15, 0.2) is 18.2 Å². The summed E-state index contributed by atoms with van der Waals surface area (Å²) in [6.45, 7) is 2.15. The SMILES string of the molecule is CNc1cccc(C(=O)NCCC(C)S(C)=O)c1[N+](=O)[O-]. The molecule has 21 heavy (non-hydrogen) atoms. The number of nitrogens with one attached hydrogen (secondary N) is 2. The van der Waals surface area contributed by atoms with Gasteiger partial charge >= 0.3 is 5.69 Å². The Kier molecular flexibility index (Phi) is 6.29. The fourth-order valence-electron chi connectivity index (χ4n) is 1.78. The number of nitro groups is 1. The Morgan fingerprint density at radius 3 is 2.67 bits per heavy atom. The zero-order chi connectivity index (χ0) is 16.0. The quantitative estimate of drug-likeness (QED) is 0.587. The fourth-order valence-corrected chi connectivity index (χ4v) is 2.23. The zero-order valence-corrected chi connectivity index (χ0v) is 13.0. The lowest BCUT2D eigenvalue weighted by molar-refractivity contribution is -0.384. The van der Waals surface area contributed by atoms with Crippen molar-refractivity contribution in [1.82, 2.24) is 5.32 Å². The van der Waals surface area contributed by atoms with E-state index in [-0.39, 0.29) is 22.2 Å². The first kappa shape index (κ1) is 17.1. The van der Waals surface area contributed by atoms with Gasteiger partial charge in [0.05, 0.1) is 4.92 Å². The van der Waals surface area contributed by atoms with Gasteiger partial charge in [-0.15, -0.1) is 0 Å². The second-order valence-corrected chi connectivity index (χ2v) is 6.36. The molecule has 1 aromatic carbocycles. The van der Waals surface area contributed by atoms with Gasteiger partial charge in [-0.2, -0.15) is 0 Å². The molecule has 0 aromatic heterocycles. The first-order valence-electron chi connectivity index (χ1n) is 6.44. The summed E-state index contributed by atoms with van der Waals surface area (Å²) < 4.78 is 11.2. The van der Waals surface area contributed by atoms with Gasteiger partial charge in [0, 0.05) is 35.9 Å². The lowest BCUT2D eigenvalue weighted by Gasteiger charge is -2.10.